The molecule has 10 heteroatoms. The first-order valence-corrected chi connectivity index (χ1v) is 11.4. The molecule has 1 atom stereocenters. The molecule has 1 N–H and O–H groups in total. The molecule has 3 rings (SSSR count). The molecule has 8 nitrogen and oxygen atoms in total. The number of nitrogens with zero attached hydrogens (tertiary/aromatic N) is 3. The highest BCUT2D eigenvalue weighted by molar-refractivity contribution is 9.10. The van der Waals surface area contributed by atoms with E-state index in [1.807, 2.05) is 0 Å². The molecular formula is C18H23BrN4O4S. The zero-order chi connectivity index (χ0) is 20.1. The molecule has 1 saturated heterocycles. The van der Waals surface area contributed by atoms with Crippen molar-refractivity contribution >= 4 is 31.9 Å². The lowest BCUT2D eigenvalue weighted by Crippen LogP contribution is -2.45. The Kier molecular flexibility index (Phi) is 6.84. The zero-order valence-corrected chi connectivity index (χ0v) is 18.0. The number of carbonyl (C=O) groups excluding carboxylic acids is 1. The van der Waals surface area contributed by atoms with Gasteiger partial charge in [0.1, 0.15) is 0 Å². The molecule has 0 radical (unpaired) electrons. The van der Waals surface area contributed by atoms with Crippen molar-refractivity contribution in [3.05, 3.63) is 40.5 Å². The third kappa shape index (κ3) is 5.18. The summed E-state index contributed by atoms with van der Waals surface area (Å²) in [6, 6.07) is 6.54. The van der Waals surface area contributed by atoms with Crippen molar-refractivity contribution < 1.29 is 17.7 Å². The van der Waals surface area contributed by atoms with Gasteiger partial charge in [-0.1, -0.05) is 21.1 Å². The molecule has 0 spiro atoms. The lowest BCUT2D eigenvalue weighted by Gasteiger charge is -2.31. The fraction of sp³-hybridized carbons (Fsp3) is 0.500. The van der Waals surface area contributed by atoms with E-state index in [4.69, 9.17) is 4.52 Å². The van der Waals surface area contributed by atoms with Gasteiger partial charge >= 0.3 is 0 Å². The second-order valence-corrected chi connectivity index (χ2v) is 9.64. The van der Waals surface area contributed by atoms with Crippen molar-refractivity contribution in [3.63, 3.8) is 0 Å². The first-order valence-electron chi connectivity index (χ1n) is 9.19. The standard InChI is InChI=1S/C18H23BrN4O4S/c1-13-21-17(27-22-13)5-2-10-20-18(24)14-4-3-11-23(12-14)28(25,26)16-8-6-15(19)7-9-16/h6-9,14H,2-5,10-12H2,1H3,(H,20,24). The van der Waals surface area contributed by atoms with Crippen LogP contribution in [0.5, 0.6) is 0 Å². The Morgan fingerprint density at radius 2 is 2.11 bits per heavy atom. The van der Waals surface area contributed by atoms with Gasteiger partial charge in [0.15, 0.2) is 5.82 Å². The largest absolute Gasteiger partial charge is 0.356 e. The highest BCUT2D eigenvalue weighted by Gasteiger charge is 2.33. The van der Waals surface area contributed by atoms with E-state index in [0.717, 1.165) is 4.47 Å². The topological polar surface area (TPSA) is 105 Å². The average molecular weight is 471 g/mol. The van der Waals surface area contributed by atoms with E-state index >= 15 is 0 Å². The molecule has 1 fully saturated rings. The molecule has 1 aliphatic rings. The molecular weight excluding hydrogens is 448 g/mol. The molecule has 1 unspecified atom stereocenters. The number of nitrogens with one attached hydrogen (secondary N) is 1. The molecule has 1 aromatic heterocycles. The van der Waals surface area contributed by atoms with Gasteiger partial charge in [-0.05, 0) is 50.5 Å². The van der Waals surface area contributed by atoms with E-state index in [-0.39, 0.29) is 23.3 Å². The number of halogens is 1. The number of hydrogen-bond acceptors (Lipinski definition) is 6. The van der Waals surface area contributed by atoms with Gasteiger partial charge in [-0.3, -0.25) is 4.79 Å². The average Bonchev–Trinajstić information content (AvgIpc) is 3.10. The number of aromatic nitrogens is 2. The van der Waals surface area contributed by atoms with E-state index in [1.54, 1.807) is 31.2 Å². The second kappa shape index (κ2) is 9.15. The van der Waals surface area contributed by atoms with Crippen LogP contribution in [0.1, 0.15) is 31.0 Å². The van der Waals surface area contributed by atoms with Crippen molar-refractivity contribution in [3.8, 4) is 0 Å². The van der Waals surface area contributed by atoms with E-state index in [2.05, 4.69) is 31.4 Å². The highest BCUT2D eigenvalue weighted by atomic mass is 79.9. The van der Waals surface area contributed by atoms with Gasteiger partial charge in [0, 0.05) is 30.5 Å². The minimum Gasteiger partial charge on any atom is -0.356 e. The molecule has 0 aliphatic carbocycles. The molecule has 1 aromatic carbocycles. The number of carbonyl (C=O) groups is 1. The number of piperidine rings is 1. The molecule has 152 valence electrons. The lowest BCUT2D eigenvalue weighted by molar-refractivity contribution is -0.126. The quantitative estimate of drug-likeness (QED) is 0.622. The van der Waals surface area contributed by atoms with Crippen LogP contribution in [0, 0.1) is 12.8 Å². The first-order chi connectivity index (χ1) is 13.4. The molecule has 1 amide bonds. The summed E-state index contributed by atoms with van der Waals surface area (Å²) in [5, 5.41) is 6.62. The Balaban J connectivity index is 1.52. The highest BCUT2D eigenvalue weighted by Crippen LogP contribution is 2.25. The first kappa shape index (κ1) is 20.9. The van der Waals surface area contributed by atoms with Crippen molar-refractivity contribution in [2.75, 3.05) is 19.6 Å². The summed E-state index contributed by atoms with van der Waals surface area (Å²) in [6.45, 7) is 2.87. The Bertz CT molecular complexity index is 914. The van der Waals surface area contributed by atoms with Gasteiger partial charge in [-0.15, -0.1) is 0 Å². The maximum atomic E-state index is 12.8. The number of sulfonamides is 1. The van der Waals surface area contributed by atoms with Crippen LogP contribution < -0.4 is 5.32 Å². The summed E-state index contributed by atoms with van der Waals surface area (Å²) in [4.78, 5) is 16.8. The van der Waals surface area contributed by atoms with Crippen LogP contribution in [0.2, 0.25) is 0 Å². The molecule has 1 aliphatic heterocycles. The maximum Gasteiger partial charge on any atom is 0.243 e. The van der Waals surface area contributed by atoms with Crippen LogP contribution in [-0.2, 0) is 21.2 Å². The summed E-state index contributed by atoms with van der Waals surface area (Å²) < 4.78 is 32.9. The monoisotopic (exact) mass is 470 g/mol. The lowest BCUT2D eigenvalue weighted by atomic mass is 9.99. The van der Waals surface area contributed by atoms with Gasteiger partial charge in [0.2, 0.25) is 21.8 Å². The minimum atomic E-state index is -3.60. The summed E-state index contributed by atoms with van der Waals surface area (Å²) in [5.41, 5.74) is 0. The van der Waals surface area contributed by atoms with Crippen LogP contribution >= 0.6 is 15.9 Å². The number of aryl methyl sites for hydroxylation is 2. The second-order valence-electron chi connectivity index (χ2n) is 6.79. The molecule has 28 heavy (non-hydrogen) atoms. The van der Waals surface area contributed by atoms with Crippen molar-refractivity contribution in [2.45, 2.75) is 37.5 Å². The normalized spacial score (nSPS) is 18.1. The smallest absolute Gasteiger partial charge is 0.243 e. The zero-order valence-electron chi connectivity index (χ0n) is 15.6. The fourth-order valence-electron chi connectivity index (χ4n) is 3.17. The van der Waals surface area contributed by atoms with Crippen LogP contribution in [0.3, 0.4) is 0 Å². The van der Waals surface area contributed by atoms with Gasteiger partial charge in [-0.25, -0.2) is 8.42 Å². The van der Waals surface area contributed by atoms with Gasteiger partial charge in [0.25, 0.3) is 0 Å². The van der Waals surface area contributed by atoms with E-state index < -0.39 is 10.0 Å². The summed E-state index contributed by atoms with van der Waals surface area (Å²) >= 11 is 3.31. The molecule has 0 saturated carbocycles. The fourth-order valence-corrected chi connectivity index (χ4v) is 4.96. The summed E-state index contributed by atoms with van der Waals surface area (Å²) in [5.74, 6) is 0.687. The Morgan fingerprint density at radius 3 is 2.79 bits per heavy atom. The van der Waals surface area contributed by atoms with Crippen LogP contribution in [0.25, 0.3) is 0 Å². The number of benzene rings is 1. The van der Waals surface area contributed by atoms with E-state index in [1.165, 1.54) is 4.31 Å². The van der Waals surface area contributed by atoms with Crippen molar-refractivity contribution in [2.24, 2.45) is 5.92 Å². The van der Waals surface area contributed by atoms with Crippen molar-refractivity contribution in [1.29, 1.82) is 0 Å². The van der Waals surface area contributed by atoms with Crippen LogP contribution in [0.4, 0.5) is 0 Å². The minimum absolute atomic E-state index is 0.114. The molecule has 2 aromatic rings. The SMILES string of the molecule is Cc1noc(CCCNC(=O)C2CCCN(S(=O)(=O)c3ccc(Br)cc3)C2)n1. The summed E-state index contributed by atoms with van der Waals surface area (Å²) in [7, 11) is -3.60. The maximum absolute atomic E-state index is 12.8. The van der Waals surface area contributed by atoms with Gasteiger partial charge < -0.3 is 9.84 Å². The summed E-state index contributed by atoms with van der Waals surface area (Å²) in [6.07, 6.45) is 2.62. The Labute approximate surface area is 172 Å². The van der Waals surface area contributed by atoms with Crippen molar-refractivity contribution in [1.82, 2.24) is 19.8 Å². The predicted molar refractivity (Wildman–Crippen MR) is 106 cm³/mol. The third-order valence-electron chi connectivity index (χ3n) is 4.64. The van der Waals surface area contributed by atoms with Gasteiger partial charge in [-0.2, -0.15) is 9.29 Å². The van der Waals surface area contributed by atoms with E-state index in [9.17, 15) is 13.2 Å². The molecule has 0 bridgehead atoms. The number of hydrogen-bond donors (Lipinski definition) is 1. The van der Waals surface area contributed by atoms with E-state index in [0.29, 0.717) is 50.5 Å². The third-order valence-corrected chi connectivity index (χ3v) is 7.05. The Morgan fingerprint density at radius 1 is 1.36 bits per heavy atom. The predicted octanol–water partition coefficient (Wildman–Crippen LogP) is 2.29. The molecule has 2 heterocycles. The van der Waals surface area contributed by atoms with Crippen LogP contribution in [0.15, 0.2) is 38.2 Å². The number of amides is 1. The Hall–Kier alpha value is -1.78. The van der Waals surface area contributed by atoms with Gasteiger partial charge in [0.05, 0.1) is 10.8 Å². The number of rotatable bonds is 7. The van der Waals surface area contributed by atoms with Crippen LogP contribution in [-0.4, -0.2) is 48.4 Å².